The summed E-state index contributed by atoms with van der Waals surface area (Å²) in [7, 11) is 0. The number of aromatic nitrogens is 1. The summed E-state index contributed by atoms with van der Waals surface area (Å²) >= 11 is 1.35. The van der Waals surface area contributed by atoms with Crippen molar-refractivity contribution in [1.82, 2.24) is 10.3 Å². The molecule has 2 N–H and O–H groups in total. The lowest BCUT2D eigenvalue weighted by Gasteiger charge is -2.25. The Morgan fingerprint density at radius 2 is 2.24 bits per heavy atom. The largest absolute Gasteiger partial charge is 0.481 e. The normalized spacial score (nSPS) is 11.3. The van der Waals surface area contributed by atoms with E-state index in [0.29, 0.717) is 17.1 Å². The van der Waals surface area contributed by atoms with Crippen LogP contribution in [0, 0.1) is 0 Å². The van der Waals surface area contributed by atoms with Gasteiger partial charge in [0.05, 0.1) is 6.26 Å². The molecule has 0 aliphatic carbocycles. The first-order chi connectivity index (χ1) is 9.87. The number of nitrogens with one attached hydrogen (secondary N) is 1. The fourth-order valence-electron chi connectivity index (χ4n) is 1.75. The van der Waals surface area contributed by atoms with Crippen LogP contribution < -0.4 is 5.32 Å². The van der Waals surface area contributed by atoms with E-state index in [-0.39, 0.29) is 12.3 Å². The Morgan fingerprint density at radius 1 is 1.48 bits per heavy atom. The van der Waals surface area contributed by atoms with Crippen molar-refractivity contribution in [1.29, 1.82) is 0 Å². The molecule has 2 heterocycles. The van der Waals surface area contributed by atoms with Crippen molar-refractivity contribution in [3.8, 4) is 10.6 Å². The molecule has 112 valence electrons. The number of carboxylic acids is 1. The maximum Gasteiger partial charge on any atom is 0.303 e. The second-order valence-electron chi connectivity index (χ2n) is 5.28. The van der Waals surface area contributed by atoms with E-state index in [2.05, 4.69) is 10.3 Å². The molecule has 0 bridgehead atoms. The molecule has 0 saturated heterocycles. The summed E-state index contributed by atoms with van der Waals surface area (Å²) in [6.45, 7) is 3.58. The molecule has 6 nitrogen and oxygen atoms in total. The van der Waals surface area contributed by atoms with Gasteiger partial charge in [-0.2, -0.15) is 0 Å². The van der Waals surface area contributed by atoms with E-state index in [9.17, 15) is 9.59 Å². The number of nitrogens with zero attached hydrogens (tertiary/aromatic N) is 1. The van der Waals surface area contributed by atoms with Crippen LogP contribution in [0.4, 0.5) is 0 Å². The average molecular weight is 308 g/mol. The van der Waals surface area contributed by atoms with Crippen LogP contribution in [0.2, 0.25) is 0 Å². The van der Waals surface area contributed by atoms with Crippen LogP contribution in [0.5, 0.6) is 0 Å². The van der Waals surface area contributed by atoms with Gasteiger partial charge < -0.3 is 14.8 Å². The minimum atomic E-state index is -0.881. The fourth-order valence-corrected chi connectivity index (χ4v) is 2.54. The third-order valence-electron chi connectivity index (χ3n) is 2.92. The lowest BCUT2D eigenvalue weighted by Crippen LogP contribution is -2.43. The summed E-state index contributed by atoms with van der Waals surface area (Å²) in [5, 5.41) is 13.9. The van der Waals surface area contributed by atoms with E-state index < -0.39 is 11.5 Å². The number of rotatable bonds is 6. The quantitative estimate of drug-likeness (QED) is 0.856. The van der Waals surface area contributed by atoms with E-state index in [0.717, 1.165) is 5.56 Å². The maximum atomic E-state index is 12.2. The molecule has 0 spiro atoms. The van der Waals surface area contributed by atoms with Gasteiger partial charge in [-0.25, -0.2) is 4.98 Å². The highest BCUT2D eigenvalue weighted by molar-refractivity contribution is 7.13. The van der Waals surface area contributed by atoms with Crippen molar-refractivity contribution in [2.24, 2.45) is 0 Å². The van der Waals surface area contributed by atoms with Crippen molar-refractivity contribution in [3.05, 3.63) is 29.7 Å². The first kappa shape index (κ1) is 15.2. The molecular weight excluding hydrogens is 292 g/mol. The van der Waals surface area contributed by atoms with Crippen LogP contribution in [0.1, 0.15) is 37.2 Å². The molecule has 0 atom stereocenters. The number of carboxylic acid groups (broad SMARTS) is 1. The van der Waals surface area contributed by atoms with Crippen molar-refractivity contribution in [2.45, 2.75) is 32.2 Å². The molecule has 0 saturated carbocycles. The Kier molecular flexibility index (Phi) is 4.42. The van der Waals surface area contributed by atoms with Crippen LogP contribution in [-0.4, -0.2) is 27.5 Å². The number of carbonyl (C=O) groups is 2. The van der Waals surface area contributed by atoms with E-state index in [1.165, 1.54) is 11.3 Å². The van der Waals surface area contributed by atoms with E-state index >= 15 is 0 Å². The highest BCUT2D eigenvalue weighted by atomic mass is 32.1. The monoisotopic (exact) mass is 308 g/mol. The molecule has 0 radical (unpaired) electrons. The third-order valence-corrected chi connectivity index (χ3v) is 3.81. The SMILES string of the molecule is CC(C)(CCC(=O)O)NC(=O)c1csc(-c2ccoc2)n1. The molecule has 2 aromatic rings. The molecule has 2 rings (SSSR count). The number of hydrogen-bond acceptors (Lipinski definition) is 5. The number of aliphatic carboxylic acids is 1. The lowest BCUT2D eigenvalue weighted by atomic mass is 9.98. The summed E-state index contributed by atoms with van der Waals surface area (Å²) in [5.74, 6) is -1.19. The summed E-state index contributed by atoms with van der Waals surface area (Å²) in [6, 6.07) is 1.78. The lowest BCUT2D eigenvalue weighted by molar-refractivity contribution is -0.137. The molecular formula is C14H16N2O4S. The van der Waals surface area contributed by atoms with Gasteiger partial charge in [-0.3, -0.25) is 9.59 Å². The van der Waals surface area contributed by atoms with Gasteiger partial charge >= 0.3 is 5.97 Å². The Balaban J connectivity index is 2.02. The first-order valence-electron chi connectivity index (χ1n) is 6.40. The highest BCUT2D eigenvalue weighted by Crippen LogP contribution is 2.24. The predicted octanol–water partition coefficient (Wildman–Crippen LogP) is 2.78. The van der Waals surface area contributed by atoms with Gasteiger partial charge in [0.2, 0.25) is 0 Å². The summed E-state index contributed by atoms with van der Waals surface area (Å²) in [6.07, 6.45) is 3.47. The minimum absolute atomic E-state index is 0.00458. The second-order valence-corrected chi connectivity index (χ2v) is 6.14. The Bertz CT molecular complexity index is 631. The van der Waals surface area contributed by atoms with Crippen LogP contribution in [0.15, 0.2) is 28.4 Å². The summed E-state index contributed by atoms with van der Waals surface area (Å²) in [4.78, 5) is 27.0. The summed E-state index contributed by atoms with van der Waals surface area (Å²) in [5.41, 5.74) is 0.540. The van der Waals surface area contributed by atoms with Gasteiger partial charge in [-0.15, -0.1) is 11.3 Å². The van der Waals surface area contributed by atoms with Crippen molar-refractivity contribution >= 4 is 23.2 Å². The van der Waals surface area contributed by atoms with Crippen molar-refractivity contribution in [2.75, 3.05) is 0 Å². The predicted molar refractivity (Wildman–Crippen MR) is 78.2 cm³/mol. The number of carbonyl (C=O) groups excluding carboxylic acids is 1. The van der Waals surface area contributed by atoms with Gasteiger partial charge in [-0.05, 0) is 26.3 Å². The van der Waals surface area contributed by atoms with Gasteiger partial charge in [0.25, 0.3) is 5.91 Å². The fraction of sp³-hybridized carbons (Fsp3) is 0.357. The minimum Gasteiger partial charge on any atom is -0.481 e. The standard InChI is InChI=1S/C14H16N2O4S/c1-14(2,5-3-11(17)18)16-12(19)10-8-21-13(15-10)9-4-6-20-7-9/h4,6-8H,3,5H2,1-2H3,(H,16,19)(H,17,18). The molecule has 0 aliphatic rings. The molecule has 0 aromatic carbocycles. The molecule has 0 aliphatic heterocycles. The van der Waals surface area contributed by atoms with E-state index in [4.69, 9.17) is 9.52 Å². The number of furan rings is 1. The smallest absolute Gasteiger partial charge is 0.303 e. The third kappa shape index (κ3) is 4.16. The molecule has 0 unspecified atom stereocenters. The number of hydrogen-bond donors (Lipinski definition) is 2. The Morgan fingerprint density at radius 3 is 2.86 bits per heavy atom. The number of amides is 1. The Labute approximate surface area is 125 Å². The van der Waals surface area contributed by atoms with Gasteiger partial charge in [0.15, 0.2) is 0 Å². The van der Waals surface area contributed by atoms with Crippen molar-refractivity contribution in [3.63, 3.8) is 0 Å². The van der Waals surface area contributed by atoms with Crippen LogP contribution in [0.25, 0.3) is 10.6 Å². The van der Waals surface area contributed by atoms with Crippen LogP contribution in [0.3, 0.4) is 0 Å². The summed E-state index contributed by atoms with van der Waals surface area (Å²) < 4.78 is 4.98. The van der Waals surface area contributed by atoms with Gasteiger partial charge in [0, 0.05) is 22.9 Å². The zero-order chi connectivity index (χ0) is 15.5. The van der Waals surface area contributed by atoms with Gasteiger partial charge in [0.1, 0.15) is 17.0 Å². The van der Waals surface area contributed by atoms with Crippen molar-refractivity contribution < 1.29 is 19.1 Å². The zero-order valence-corrected chi connectivity index (χ0v) is 12.6. The Hall–Kier alpha value is -2.15. The first-order valence-corrected chi connectivity index (χ1v) is 7.28. The number of thiazole rings is 1. The molecule has 2 aromatic heterocycles. The molecule has 0 fully saturated rings. The average Bonchev–Trinajstić information content (AvgIpc) is 3.06. The van der Waals surface area contributed by atoms with Gasteiger partial charge in [-0.1, -0.05) is 0 Å². The second kappa shape index (κ2) is 6.09. The topological polar surface area (TPSA) is 92.4 Å². The molecule has 7 heteroatoms. The molecule has 1 amide bonds. The molecule has 21 heavy (non-hydrogen) atoms. The van der Waals surface area contributed by atoms with E-state index in [1.807, 2.05) is 0 Å². The van der Waals surface area contributed by atoms with Crippen LogP contribution >= 0.6 is 11.3 Å². The van der Waals surface area contributed by atoms with Crippen LogP contribution in [-0.2, 0) is 4.79 Å². The maximum absolute atomic E-state index is 12.2. The van der Waals surface area contributed by atoms with E-state index in [1.54, 1.807) is 37.8 Å². The zero-order valence-electron chi connectivity index (χ0n) is 11.8. The highest BCUT2D eigenvalue weighted by Gasteiger charge is 2.23.